The fourth-order valence-corrected chi connectivity index (χ4v) is 7.68. The minimum atomic E-state index is 0.421. The Morgan fingerprint density at radius 3 is 1.86 bits per heavy atom. The van der Waals surface area contributed by atoms with Crippen LogP contribution in [0.25, 0.3) is 77.2 Å². The molecule has 0 radical (unpaired) electrons. The van der Waals surface area contributed by atoms with Gasteiger partial charge in [-0.05, 0) is 90.8 Å². The van der Waals surface area contributed by atoms with Crippen LogP contribution in [0.15, 0.2) is 146 Å². The van der Waals surface area contributed by atoms with Gasteiger partial charge in [-0.25, -0.2) is 0 Å². The highest BCUT2D eigenvalue weighted by atomic mass is 15.0. The molecule has 0 atom stereocenters. The standard InChI is InChI=1S/C46H27N5/c1-29-17-19-45-38(21-29)35-11-3-6-15-42(35)51(45)43-16-7-4-13-37(43)40-24-31(27-48)22-33(28-49)46(40)32-9-8-10-34(25-32)50-41-14-5-2-12-36(41)39-23-30(26-47)18-20-44(39)50/h2-25H,1H3. The van der Waals surface area contributed by atoms with Gasteiger partial charge < -0.3 is 9.13 Å². The van der Waals surface area contributed by atoms with Crippen molar-refractivity contribution >= 4 is 43.6 Å². The number of aryl methyl sites for hydroxylation is 1. The van der Waals surface area contributed by atoms with Crippen molar-refractivity contribution < 1.29 is 0 Å². The molecule has 0 unspecified atom stereocenters. The lowest BCUT2D eigenvalue weighted by Crippen LogP contribution is -2.00. The Morgan fingerprint density at radius 2 is 1.10 bits per heavy atom. The first kappa shape index (κ1) is 29.7. The van der Waals surface area contributed by atoms with Crippen LogP contribution < -0.4 is 0 Å². The first-order valence-corrected chi connectivity index (χ1v) is 16.7. The Kier molecular flexibility index (Phi) is 6.78. The minimum Gasteiger partial charge on any atom is -0.309 e. The number of aromatic nitrogens is 2. The molecule has 0 N–H and O–H groups in total. The van der Waals surface area contributed by atoms with E-state index in [0.29, 0.717) is 16.7 Å². The van der Waals surface area contributed by atoms with Crippen molar-refractivity contribution in [3.63, 3.8) is 0 Å². The first-order valence-electron chi connectivity index (χ1n) is 16.7. The van der Waals surface area contributed by atoms with Gasteiger partial charge in [0, 0.05) is 38.4 Å². The molecular formula is C46H27N5. The van der Waals surface area contributed by atoms with Crippen molar-refractivity contribution in [3.05, 3.63) is 168 Å². The van der Waals surface area contributed by atoms with Crippen LogP contribution >= 0.6 is 0 Å². The third kappa shape index (κ3) is 4.60. The van der Waals surface area contributed by atoms with E-state index in [2.05, 4.69) is 113 Å². The van der Waals surface area contributed by atoms with Crippen LogP contribution in [0.4, 0.5) is 0 Å². The molecule has 2 aromatic heterocycles. The van der Waals surface area contributed by atoms with E-state index in [1.807, 2.05) is 60.7 Å². The average molecular weight is 650 g/mol. The molecule has 0 fully saturated rings. The second-order valence-electron chi connectivity index (χ2n) is 12.8. The summed E-state index contributed by atoms with van der Waals surface area (Å²) < 4.78 is 4.50. The second-order valence-corrected chi connectivity index (χ2v) is 12.8. The molecule has 51 heavy (non-hydrogen) atoms. The average Bonchev–Trinajstić information content (AvgIpc) is 3.69. The highest BCUT2D eigenvalue weighted by Crippen LogP contribution is 2.42. The summed E-state index contributed by atoms with van der Waals surface area (Å²) in [5, 5.41) is 34.8. The first-order chi connectivity index (χ1) is 25.1. The Balaban J connectivity index is 1.32. The Morgan fingerprint density at radius 1 is 0.451 bits per heavy atom. The summed E-state index contributed by atoms with van der Waals surface area (Å²) in [6.07, 6.45) is 0. The van der Waals surface area contributed by atoms with E-state index in [9.17, 15) is 15.8 Å². The van der Waals surface area contributed by atoms with Crippen LogP contribution in [0.3, 0.4) is 0 Å². The highest BCUT2D eigenvalue weighted by Gasteiger charge is 2.21. The quantitative estimate of drug-likeness (QED) is 0.190. The normalized spacial score (nSPS) is 11.2. The van der Waals surface area contributed by atoms with E-state index in [-0.39, 0.29) is 0 Å². The maximum absolute atomic E-state index is 10.6. The Hall–Kier alpha value is -7.39. The van der Waals surface area contributed by atoms with Crippen molar-refractivity contribution in [3.8, 4) is 51.8 Å². The van der Waals surface area contributed by atoms with Crippen LogP contribution in [0.1, 0.15) is 22.3 Å². The fourth-order valence-electron chi connectivity index (χ4n) is 7.68. The van der Waals surface area contributed by atoms with Gasteiger partial charge in [-0.15, -0.1) is 0 Å². The number of para-hydroxylation sites is 3. The molecular weight excluding hydrogens is 623 g/mol. The Labute approximate surface area is 294 Å². The fraction of sp³-hybridized carbons (Fsp3) is 0.0217. The van der Waals surface area contributed by atoms with Crippen LogP contribution in [-0.4, -0.2) is 9.13 Å². The zero-order chi connectivity index (χ0) is 34.6. The molecule has 5 nitrogen and oxygen atoms in total. The van der Waals surface area contributed by atoms with Crippen LogP contribution in [0.5, 0.6) is 0 Å². The smallest absolute Gasteiger partial charge is 0.0998 e. The molecule has 0 aliphatic heterocycles. The third-order valence-electron chi connectivity index (χ3n) is 9.85. The van der Waals surface area contributed by atoms with Crippen LogP contribution in [0, 0.1) is 40.9 Å². The maximum Gasteiger partial charge on any atom is 0.0998 e. The van der Waals surface area contributed by atoms with E-state index in [0.717, 1.165) is 71.9 Å². The van der Waals surface area contributed by atoms with Gasteiger partial charge in [0.2, 0.25) is 0 Å². The van der Waals surface area contributed by atoms with Crippen molar-refractivity contribution in [2.45, 2.75) is 6.92 Å². The lowest BCUT2D eigenvalue weighted by molar-refractivity contribution is 1.18. The summed E-state index contributed by atoms with van der Waals surface area (Å²) in [6.45, 7) is 2.11. The number of hydrogen-bond donors (Lipinski definition) is 0. The molecule has 9 aromatic rings. The predicted octanol–water partition coefficient (Wildman–Crippen LogP) is 11.1. The lowest BCUT2D eigenvalue weighted by Gasteiger charge is -2.19. The minimum absolute atomic E-state index is 0.421. The van der Waals surface area contributed by atoms with Gasteiger partial charge in [-0.3, -0.25) is 0 Å². The molecule has 9 rings (SSSR count). The molecule has 0 bridgehead atoms. The molecule has 5 heteroatoms. The third-order valence-corrected chi connectivity index (χ3v) is 9.85. The number of benzene rings is 7. The number of nitriles is 3. The summed E-state index contributed by atoms with van der Waals surface area (Å²) in [5.41, 5.74) is 12.0. The summed E-state index contributed by atoms with van der Waals surface area (Å²) in [7, 11) is 0. The molecule has 236 valence electrons. The van der Waals surface area contributed by atoms with Crippen molar-refractivity contribution in [2.24, 2.45) is 0 Å². The van der Waals surface area contributed by atoms with Crippen molar-refractivity contribution in [1.82, 2.24) is 9.13 Å². The van der Waals surface area contributed by atoms with Gasteiger partial charge in [0.15, 0.2) is 0 Å². The molecule has 0 saturated heterocycles. The van der Waals surface area contributed by atoms with E-state index < -0.39 is 0 Å². The van der Waals surface area contributed by atoms with E-state index in [1.165, 1.54) is 10.9 Å². The van der Waals surface area contributed by atoms with Gasteiger partial charge in [0.05, 0.1) is 62.7 Å². The van der Waals surface area contributed by atoms with Gasteiger partial charge in [-0.2, -0.15) is 15.8 Å². The molecule has 7 aromatic carbocycles. The van der Waals surface area contributed by atoms with Crippen molar-refractivity contribution in [2.75, 3.05) is 0 Å². The van der Waals surface area contributed by atoms with E-state index in [1.54, 1.807) is 6.07 Å². The van der Waals surface area contributed by atoms with Gasteiger partial charge in [-0.1, -0.05) is 78.4 Å². The number of nitrogens with zero attached hydrogens (tertiary/aromatic N) is 5. The SMILES string of the molecule is Cc1ccc2c(c1)c1ccccc1n2-c1ccccc1-c1cc(C#N)cc(C#N)c1-c1cccc(-n2c3ccccc3c3cc(C#N)ccc32)c1. The van der Waals surface area contributed by atoms with Gasteiger partial charge in [0.25, 0.3) is 0 Å². The zero-order valence-electron chi connectivity index (χ0n) is 27.6. The van der Waals surface area contributed by atoms with Gasteiger partial charge >= 0.3 is 0 Å². The molecule has 0 saturated carbocycles. The Bertz CT molecular complexity index is 3030. The second kappa shape index (κ2) is 11.6. The maximum atomic E-state index is 10.6. The topological polar surface area (TPSA) is 81.2 Å². The largest absolute Gasteiger partial charge is 0.309 e. The monoisotopic (exact) mass is 649 g/mol. The summed E-state index contributed by atoms with van der Waals surface area (Å²) in [6, 6.07) is 56.0. The van der Waals surface area contributed by atoms with E-state index in [4.69, 9.17) is 0 Å². The summed E-state index contributed by atoms with van der Waals surface area (Å²) in [4.78, 5) is 0. The molecule has 0 aliphatic carbocycles. The van der Waals surface area contributed by atoms with Crippen LogP contribution in [-0.2, 0) is 0 Å². The molecule has 2 heterocycles. The number of rotatable bonds is 4. The summed E-state index contributed by atoms with van der Waals surface area (Å²) in [5.74, 6) is 0. The summed E-state index contributed by atoms with van der Waals surface area (Å²) >= 11 is 0. The molecule has 0 aliphatic rings. The predicted molar refractivity (Wildman–Crippen MR) is 205 cm³/mol. The number of hydrogen-bond acceptors (Lipinski definition) is 3. The lowest BCUT2D eigenvalue weighted by atomic mass is 9.88. The van der Waals surface area contributed by atoms with Crippen molar-refractivity contribution in [1.29, 1.82) is 15.8 Å². The van der Waals surface area contributed by atoms with E-state index >= 15 is 0 Å². The molecule has 0 spiro atoms. The van der Waals surface area contributed by atoms with Crippen LogP contribution in [0.2, 0.25) is 0 Å². The highest BCUT2D eigenvalue weighted by molar-refractivity contribution is 6.11. The molecule has 0 amide bonds. The van der Waals surface area contributed by atoms with Gasteiger partial charge in [0.1, 0.15) is 0 Å². The zero-order valence-corrected chi connectivity index (χ0v) is 27.6. The number of fused-ring (bicyclic) bond motifs is 6.